The highest BCUT2D eigenvalue weighted by Gasteiger charge is 2.21. The number of para-hydroxylation sites is 3. The number of benzene rings is 2. The number of hydrogen-bond donors (Lipinski definition) is 1. The number of carboxylic acid groups (broad SMARTS) is 1. The zero-order valence-electron chi connectivity index (χ0n) is 14.6. The summed E-state index contributed by atoms with van der Waals surface area (Å²) in [6.07, 6.45) is 0. The minimum atomic E-state index is -0.971. The van der Waals surface area contributed by atoms with Crippen molar-refractivity contribution < 1.29 is 14.3 Å². The number of rotatable bonds is 5. The van der Waals surface area contributed by atoms with Gasteiger partial charge in [0.25, 0.3) is 0 Å². The summed E-state index contributed by atoms with van der Waals surface area (Å²) in [7, 11) is 3.92. The Morgan fingerprint density at radius 2 is 1.88 bits per heavy atom. The first kappa shape index (κ1) is 16.4. The molecule has 2 heterocycles. The maximum atomic E-state index is 11.7. The van der Waals surface area contributed by atoms with Gasteiger partial charge in [-0.05, 0) is 25.2 Å². The Morgan fingerprint density at radius 3 is 2.65 bits per heavy atom. The normalized spacial score (nSPS) is 11.7. The third kappa shape index (κ3) is 2.74. The zero-order valence-corrected chi connectivity index (χ0v) is 14.6. The predicted molar refractivity (Wildman–Crippen MR) is 99.1 cm³/mol. The Bertz CT molecular complexity index is 1110. The van der Waals surface area contributed by atoms with Crippen molar-refractivity contribution in [1.82, 2.24) is 14.5 Å². The number of furan rings is 1. The summed E-state index contributed by atoms with van der Waals surface area (Å²) in [5, 5.41) is 10.2. The summed E-state index contributed by atoms with van der Waals surface area (Å²) >= 11 is 0. The lowest BCUT2D eigenvalue weighted by atomic mass is 10.1. The Balaban J connectivity index is 1.63. The quantitative estimate of drug-likeness (QED) is 0.595. The highest BCUT2D eigenvalue weighted by atomic mass is 16.4. The number of aromatic nitrogens is 2. The van der Waals surface area contributed by atoms with E-state index < -0.39 is 5.97 Å². The molecule has 4 rings (SSSR count). The van der Waals surface area contributed by atoms with Crippen molar-refractivity contribution in [1.29, 1.82) is 0 Å². The van der Waals surface area contributed by atoms with E-state index in [9.17, 15) is 9.90 Å². The third-order valence-electron chi connectivity index (χ3n) is 4.59. The van der Waals surface area contributed by atoms with Crippen LogP contribution in [0.4, 0.5) is 0 Å². The van der Waals surface area contributed by atoms with Crippen LogP contribution in [0.25, 0.3) is 22.0 Å². The van der Waals surface area contributed by atoms with E-state index >= 15 is 0 Å². The molecule has 0 bridgehead atoms. The second-order valence-corrected chi connectivity index (χ2v) is 6.45. The summed E-state index contributed by atoms with van der Waals surface area (Å²) < 4.78 is 7.87. The van der Waals surface area contributed by atoms with Crippen LogP contribution < -0.4 is 0 Å². The standard InChI is InChI=1S/C20H19N3O3/c1-22(12-18-21-14-8-4-5-9-15(14)23(18)2)11-17-19(20(24)25)13-7-3-6-10-16(13)26-17/h3-10H,11-12H2,1-2H3,(H,24,25). The molecule has 0 saturated carbocycles. The minimum absolute atomic E-state index is 0.234. The molecule has 0 fully saturated rings. The summed E-state index contributed by atoms with van der Waals surface area (Å²) in [6.45, 7) is 0.973. The van der Waals surface area contributed by atoms with Crippen LogP contribution in [-0.2, 0) is 20.1 Å². The lowest BCUT2D eigenvalue weighted by Gasteiger charge is -2.15. The summed E-state index contributed by atoms with van der Waals surface area (Å²) in [6, 6.07) is 15.2. The molecular formula is C20H19N3O3. The molecule has 6 nitrogen and oxygen atoms in total. The smallest absolute Gasteiger partial charge is 0.339 e. The van der Waals surface area contributed by atoms with Gasteiger partial charge >= 0.3 is 5.97 Å². The second kappa shape index (κ2) is 6.31. The van der Waals surface area contributed by atoms with E-state index in [-0.39, 0.29) is 5.56 Å². The molecule has 1 N–H and O–H groups in total. The van der Waals surface area contributed by atoms with Crippen molar-refractivity contribution in [2.24, 2.45) is 7.05 Å². The van der Waals surface area contributed by atoms with E-state index in [1.807, 2.05) is 55.4 Å². The fourth-order valence-corrected chi connectivity index (χ4v) is 3.32. The van der Waals surface area contributed by atoms with E-state index in [1.165, 1.54) is 0 Å². The fraction of sp³-hybridized carbons (Fsp3) is 0.200. The Labute approximate surface area is 150 Å². The maximum absolute atomic E-state index is 11.7. The molecule has 4 aromatic rings. The molecule has 0 aliphatic heterocycles. The van der Waals surface area contributed by atoms with Gasteiger partial charge in [-0.2, -0.15) is 0 Å². The maximum Gasteiger partial charge on any atom is 0.339 e. The Morgan fingerprint density at radius 1 is 1.15 bits per heavy atom. The van der Waals surface area contributed by atoms with Crippen LogP contribution in [0, 0.1) is 0 Å². The van der Waals surface area contributed by atoms with Gasteiger partial charge in [-0.15, -0.1) is 0 Å². The van der Waals surface area contributed by atoms with Crippen LogP contribution in [0.1, 0.15) is 21.9 Å². The first-order chi connectivity index (χ1) is 12.5. The van der Waals surface area contributed by atoms with E-state index in [0.717, 1.165) is 16.9 Å². The minimum Gasteiger partial charge on any atom is -0.478 e. The number of aryl methyl sites for hydroxylation is 1. The van der Waals surface area contributed by atoms with Gasteiger partial charge in [-0.3, -0.25) is 4.90 Å². The number of hydrogen-bond acceptors (Lipinski definition) is 4. The van der Waals surface area contributed by atoms with Gasteiger partial charge in [-0.1, -0.05) is 30.3 Å². The van der Waals surface area contributed by atoms with Gasteiger partial charge < -0.3 is 14.1 Å². The molecular weight excluding hydrogens is 330 g/mol. The number of carboxylic acids is 1. The molecule has 0 atom stereocenters. The topological polar surface area (TPSA) is 71.5 Å². The van der Waals surface area contributed by atoms with Crippen LogP contribution >= 0.6 is 0 Å². The fourth-order valence-electron chi connectivity index (χ4n) is 3.32. The van der Waals surface area contributed by atoms with Gasteiger partial charge in [0.1, 0.15) is 22.7 Å². The molecule has 26 heavy (non-hydrogen) atoms. The van der Waals surface area contributed by atoms with Crippen LogP contribution in [0.3, 0.4) is 0 Å². The Kier molecular flexibility index (Phi) is 3.97. The first-order valence-corrected chi connectivity index (χ1v) is 8.37. The lowest BCUT2D eigenvalue weighted by molar-refractivity contribution is 0.0694. The van der Waals surface area contributed by atoms with E-state index in [4.69, 9.17) is 4.42 Å². The van der Waals surface area contributed by atoms with Gasteiger partial charge in [0.15, 0.2) is 0 Å². The molecule has 6 heteroatoms. The van der Waals surface area contributed by atoms with Crippen molar-refractivity contribution in [2.45, 2.75) is 13.1 Å². The highest BCUT2D eigenvalue weighted by Crippen LogP contribution is 2.27. The van der Waals surface area contributed by atoms with Gasteiger partial charge in [-0.25, -0.2) is 9.78 Å². The molecule has 0 saturated heterocycles. The number of aromatic carboxylic acids is 1. The second-order valence-electron chi connectivity index (χ2n) is 6.45. The van der Waals surface area contributed by atoms with Crippen molar-refractivity contribution in [3.63, 3.8) is 0 Å². The molecule has 0 aliphatic carbocycles. The average Bonchev–Trinajstić information content (AvgIpc) is 3.13. The number of carbonyl (C=O) groups is 1. The first-order valence-electron chi connectivity index (χ1n) is 8.37. The molecule has 2 aromatic carbocycles. The zero-order chi connectivity index (χ0) is 18.3. The van der Waals surface area contributed by atoms with E-state index in [2.05, 4.69) is 9.55 Å². The SMILES string of the molecule is CN(Cc1oc2ccccc2c1C(=O)O)Cc1nc2ccccc2n1C. The summed E-state index contributed by atoms with van der Waals surface area (Å²) in [5.74, 6) is 0.405. The van der Waals surface area contributed by atoms with Crippen molar-refractivity contribution >= 4 is 28.0 Å². The molecule has 0 radical (unpaired) electrons. The number of imidazole rings is 1. The number of fused-ring (bicyclic) bond motifs is 2. The van der Waals surface area contributed by atoms with Gasteiger partial charge in [0, 0.05) is 12.4 Å². The average molecular weight is 349 g/mol. The molecule has 132 valence electrons. The van der Waals surface area contributed by atoms with Crippen molar-refractivity contribution in [3.8, 4) is 0 Å². The summed E-state index contributed by atoms with van der Waals surface area (Å²) in [5.41, 5.74) is 2.85. The van der Waals surface area contributed by atoms with Crippen LogP contribution in [0.2, 0.25) is 0 Å². The highest BCUT2D eigenvalue weighted by molar-refractivity contribution is 6.03. The van der Waals surface area contributed by atoms with Crippen LogP contribution in [0.5, 0.6) is 0 Å². The van der Waals surface area contributed by atoms with Gasteiger partial charge in [0.05, 0.1) is 24.1 Å². The van der Waals surface area contributed by atoms with E-state index in [0.29, 0.717) is 29.8 Å². The van der Waals surface area contributed by atoms with Gasteiger partial charge in [0.2, 0.25) is 0 Å². The molecule has 2 aromatic heterocycles. The lowest BCUT2D eigenvalue weighted by Crippen LogP contribution is -2.20. The Hall–Kier alpha value is -3.12. The van der Waals surface area contributed by atoms with E-state index in [1.54, 1.807) is 12.1 Å². The van der Waals surface area contributed by atoms with Crippen LogP contribution in [-0.4, -0.2) is 32.6 Å². The third-order valence-corrected chi connectivity index (χ3v) is 4.59. The summed E-state index contributed by atoms with van der Waals surface area (Å²) in [4.78, 5) is 18.4. The molecule has 0 spiro atoms. The van der Waals surface area contributed by atoms with Crippen LogP contribution in [0.15, 0.2) is 52.9 Å². The predicted octanol–water partition coefficient (Wildman–Crippen LogP) is 3.65. The largest absolute Gasteiger partial charge is 0.478 e. The van der Waals surface area contributed by atoms with Crippen molar-refractivity contribution in [2.75, 3.05) is 7.05 Å². The molecule has 0 aliphatic rings. The van der Waals surface area contributed by atoms with Crippen molar-refractivity contribution in [3.05, 3.63) is 65.7 Å². The molecule has 0 unspecified atom stereocenters. The monoisotopic (exact) mass is 349 g/mol. The molecule has 0 amide bonds. The number of nitrogens with zero attached hydrogens (tertiary/aromatic N) is 3.